The number of aromatic nitrogens is 1. The minimum atomic E-state index is -1.07. The van der Waals surface area contributed by atoms with Crippen LogP contribution in [0.25, 0.3) is 0 Å². The Morgan fingerprint density at radius 1 is 1.38 bits per heavy atom. The van der Waals surface area contributed by atoms with E-state index in [0.717, 1.165) is 5.56 Å². The lowest BCUT2D eigenvalue weighted by atomic mass is 10.1. The zero-order chi connectivity index (χ0) is 15.6. The number of nitrogens with zero attached hydrogens (tertiary/aromatic N) is 2. The highest BCUT2D eigenvalue weighted by atomic mass is 35.5. The van der Waals surface area contributed by atoms with E-state index >= 15 is 0 Å². The molecule has 0 aliphatic carbocycles. The zero-order valence-corrected chi connectivity index (χ0v) is 12.5. The van der Waals surface area contributed by atoms with Crippen molar-refractivity contribution in [2.75, 3.05) is 17.7 Å². The number of nitrogen functional groups attached to an aromatic ring is 1. The van der Waals surface area contributed by atoms with Gasteiger partial charge in [-0.05, 0) is 30.7 Å². The smallest absolute Gasteiger partial charge is 0.337 e. The molecule has 0 aliphatic heterocycles. The van der Waals surface area contributed by atoms with Gasteiger partial charge in [-0.1, -0.05) is 23.7 Å². The maximum Gasteiger partial charge on any atom is 0.337 e. The van der Waals surface area contributed by atoms with Crippen LogP contribution in [0.2, 0.25) is 5.02 Å². The van der Waals surface area contributed by atoms with Crippen LogP contribution in [-0.4, -0.2) is 23.1 Å². The number of hydrogen-bond donors (Lipinski definition) is 2. The molecule has 1 unspecified atom stereocenters. The first-order valence-corrected chi connectivity index (χ1v) is 6.75. The standard InChI is InChI=1S/C15H16ClN3O2/c1-9(10-3-5-11(16)6-4-10)19(2)14-7-12(15(20)21)13(17)8-18-14/h3-9H,17H2,1-2H3,(H,20,21). The van der Waals surface area contributed by atoms with E-state index in [2.05, 4.69) is 4.98 Å². The Labute approximate surface area is 128 Å². The highest BCUT2D eigenvalue weighted by Crippen LogP contribution is 2.26. The van der Waals surface area contributed by atoms with Crippen molar-refractivity contribution >= 4 is 29.1 Å². The monoisotopic (exact) mass is 305 g/mol. The third kappa shape index (κ3) is 3.25. The molecule has 0 radical (unpaired) electrons. The number of halogens is 1. The lowest BCUT2D eigenvalue weighted by Gasteiger charge is -2.26. The molecule has 2 rings (SSSR count). The molecule has 1 aromatic heterocycles. The van der Waals surface area contributed by atoms with Crippen molar-refractivity contribution in [3.8, 4) is 0 Å². The van der Waals surface area contributed by atoms with Crippen LogP contribution in [0.3, 0.4) is 0 Å². The number of nitrogens with two attached hydrogens (primary N) is 1. The van der Waals surface area contributed by atoms with Crippen LogP contribution in [0.5, 0.6) is 0 Å². The number of benzene rings is 1. The first-order chi connectivity index (χ1) is 9.90. The van der Waals surface area contributed by atoms with Gasteiger partial charge in [0.25, 0.3) is 0 Å². The van der Waals surface area contributed by atoms with Gasteiger partial charge in [0.2, 0.25) is 0 Å². The summed E-state index contributed by atoms with van der Waals surface area (Å²) in [6, 6.07) is 8.99. The van der Waals surface area contributed by atoms with E-state index in [9.17, 15) is 4.79 Å². The number of anilines is 2. The second-order valence-corrected chi connectivity index (χ2v) is 5.21. The molecule has 0 fully saturated rings. The van der Waals surface area contributed by atoms with Crippen molar-refractivity contribution in [2.24, 2.45) is 0 Å². The number of carbonyl (C=O) groups is 1. The van der Waals surface area contributed by atoms with Gasteiger partial charge in [-0.2, -0.15) is 0 Å². The quantitative estimate of drug-likeness (QED) is 0.906. The predicted molar refractivity (Wildman–Crippen MR) is 83.9 cm³/mol. The molecular formula is C15H16ClN3O2. The Balaban J connectivity index is 2.31. The molecule has 0 amide bonds. The summed E-state index contributed by atoms with van der Waals surface area (Å²) in [5, 5.41) is 9.79. The third-order valence-corrected chi connectivity index (χ3v) is 3.70. The van der Waals surface area contributed by atoms with E-state index in [1.54, 1.807) is 0 Å². The van der Waals surface area contributed by atoms with E-state index in [1.165, 1.54) is 12.3 Å². The SMILES string of the molecule is CC(c1ccc(Cl)cc1)N(C)c1cc(C(=O)O)c(N)cn1. The van der Waals surface area contributed by atoms with Gasteiger partial charge < -0.3 is 15.7 Å². The average molecular weight is 306 g/mol. The molecule has 0 aliphatic rings. The maximum absolute atomic E-state index is 11.1. The van der Waals surface area contributed by atoms with Crippen molar-refractivity contribution in [2.45, 2.75) is 13.0 Å². The summed E-state index contributed by atoms with van der Waals surface area (Å²) < 4.78 is 0. The molecule has 110 valence electrons. The highest BCUT2D eigenvalue weighted by Gasteiger charge is 2.16. The van der Waals surface area contributed by atoms with E-state index in [1.807, 2.05) is 43.1 Å². The number of hydrogen-bond acceptors (Lipinski definition) is 4. The van der Waals surface area contributed by atoms with Gasteiger partial charge in [-0.15, -0.1) is 0 Å². The van der Waals surface area contributed by atoms with Crippen molar-refractivity contribution in [3.63, 3.8) is 0 Å². The summed E-state index contributed by atoms with van der Waals surface area (Å²) >= 11 is 5.88. The molecule has 1 heterocycles. The van der Waals surface area contributed by atoms with Gasteiger partial charge in [0.05, 0.1) is 23.5 Å². The van der Waals surface area contributed by atoms with Crippen LogP contribution in [0, 0.1) is 0 Å². The second-order valence-electron chi connectivity index (χ2n) is 4.77. The molecule has 0 saturated heterocycles. The number of pyridine rings is 1. The maximum atomic E-state index is 11.1. The molecule has 3 N–H and O–H groups in total. The number of aromatic carboxylic acids is 1. The third-order valence-electron chi connectivity index (χ3n) is 3.45. The van der Waals surface area contributed by atoms with Crippen molar-refractivity contribution in [3.05, 3.63) is 52.7 Å². The van der Waals surface area contributed by atoms with E-state index in [4.69, 9.17) is 22.4 Å². The van der Waals surface area contributed by atoms with Crippen LogP contribution < -0.4 is 10.6 Å². The largest absolute Gasteiger partial charge is 0.478 e. The molecule has 6 heteroatoms. The van der Waals surface area contributed by atoms with Gasteiger partial charge in [-0.3, -0.25) is 0 Å². The summed E-state index contributed by atoms with van der Waals surface area (Å²) in [5.74, 6) is -0.521. The van der Waals surface area contributed by atoms with Gasteiger partial charge in [-0.25, -0.2) is 9.78 Å². The van der Waals surface area contributed by atoms with E-state index in [-0.39, 0.29) is 17.3 Å². The Morgan fingerprint density at radius 2 is 2.00 bits per heavy atom. The first-order valence-electron chi connectivity index (χ1n) is 6.37. The summed E-state index contributed by atoms with van der Waals surface area (Å²) in [4.78, 5) is 17.2. The lowest BCUT2D eigenvalue weighted by molar-refractivity contribution is 0.0698. The Hall–Kier alpha value is -2.27. The molecule has 1 aromatic carbocycles. The van der Waals surface area contributed by atoms with Gasteiger partial charge in [0.15, 0.2) is 0 Å². The van der Waals surface area contributed by atoms with Crippen LogP contribution in [-0.2, 0) is 0 Å². The molecule has 21 heavy (non-hydrogen) atoms. The fraction of sp³-hybridized carbons (Fsp3) is 0.200. The van der Waals surface area contributed by atoms with Gasteiger partial charge in [0, 0.05) is 12.1 Å². The molecule has 0 bridgehead atoms. The first kappa shape index (κ1) is 15.1. The molecule has 2 aromatic rings. The van der Waals surface area contributed by atoms with Crippen molar-refractivity contribution < 1.29 is 9.90 Å². The van der Waals surface area contributed by atoms with Crippen LogP contribution in [0.1, 0.15) is 28.9 Å². The molecule has 0 saturated carbocycles. The molecule has 0 spiro atoms. The normalized spacial score (nSPS) is 12.0. The summed E-state index contributed by atoms with van der Waals surface area (Å²) in [6.07, 6.45) is 1.36. The number of carboxylic acids is 1. The van der Waals surface area contributed by atoms with Crippen LogP contribution in [0.4, 0.5) is 11.5 Å². The fourth-order valence-electron chi connectivity index (χ4n) is 2.00. The minimum absolute atomic E-state index is 0.0139. The average Bonchev–Trinajstić information content (AvgIpc) is 2.46. The minimum Gasteiger partial charge on any atom is -0.478 e. The highest BCUT2D eigenvalue weighted by molar-refractivity contribution is 6.30. The lowest BCUT2D eigenvalue weighted by Crippen LogP contribution is -2.23. The number of carboxylic acid groups (broad SMARTS) is 1. The Bertz CT molecular complexity index is 658. The molecular weight excluding hydrogens is 290 g/mol. The second kappa shape index (κ2) is 6.01. The summed E-state index contributed by atoms with van der Waals surface area (Å²) in [6.45, 7) is 2.00. The Morgan fingerprint density at radius 3 is 2.57 bits per heavy atom. The van der Waals surface area contributed by atoms with Crippen molar-refractivity contribution in [1.29, 1.82) is 0 Å². The van der Waals surface area contributed by atoms with Gasteiger partial charge >= 0.3 is 5.97 Å². The topological polar surface area (TPSA) is 79.5 Å². The molecule has 5 nitrogen and oxygen atoms in total. The van der Waals surface area contributed by atoms with Crippen LogP contribution in [0.15, 0.2) is 36.5 Å². The van der Waals surface area contributed by atoms with Gasteiger partial charge in [0.1, 0.15) is 5.82 Å². The van der Waals surface area contributed by atoms with Crippen LogP contribution >= 0.6 is 11.6 Å². The Kier molecular flexibility index (Phi) is 4.33. The zero-order valence-electron chi connectivity index (χ0n) is 11.7. The summed E-state index contributed by atoms with van der Waals surface area (Å²) in [5.41, 5.74) is 6.87. The fourth-order valence-corrected chi connectivity index (χ4v) is 2.12. The number of rotatable bonds is 4. The van der Waals surface area contributed by atoms with E-state index in [0.29, 0.717) is 10.8 Å². The molecule has 1 atom stereocenters. The predicted octanol–water partition coefficient (Wildman–Crippen LogP) is 3.21. The van der Waals surface area contributed by atoms with E-state index < -0.39 is 5.97 Å². The summed E-state index contributed by atoms with van der Waals surface area (Å²) in [7, 11) is 1.85. The van der Waals surface area contributed by atoms with Crippen molar-refractivity contribution in [1.82, 2.24) is 4.98 Å².